The van der Waals surface area contributed by atoms with Crippen LogP contribution in [0.1, 0.15) is 18.4 Å². The van der Waals surface area contributed by atoms with Gasteiger partial charge in [-0.15, -0.1) is 0 Å². The van der Waals surface area contributed by atoms with Crippen LogP contribution >= 0.6 is 11.8 Å². The maximum atomic E-state index is 5.53. The van der Waals surface area contributed by atoms with E-state index < -0.39 is 0 Å². The van der Waals surface area contributed by atoms with E-state index in [-0.39, 0.29) is 0 Å². The SMILES string of the molecule is COc1ccccc1CN(c1cc(N2CCSCC2)ncn1)C1CC1. The molecule has 4 rings (SSSR count). The third-order valence-corrected chi connectivity index (χ3v) is 5.73. The van der Waals surface area contributed by atoms with Crippen molar-refractivity contribution in [1.82, 2.24) is 9.97 Å². The van der Waals surface area contributed by atoms with E-state index >= 15 is 0 Å². The molecule has 5 nitrogen and oxygen atoms in total. The molecule has 2 aromatic rings. The fraction of sp³-hybridized carbons (Fsp3) is 0.474. The van der Waals surface area contributed by atoms with Gasteiger partial charge in [-0.2, -0.15) is 11.8 Å². The van der Waals surface area contributed by atoms with Crippen molar-refractivity contribution < 1.29 is 4.74 Å². The van der Waals surface area contributed by atoms with Gasteiger partial charge >= 0.3 is 0 Å². The van der Waals surface area contributed by atoms with Gasteiger partial charge in [0.25, 0.3) is 0 Å². The molecule has 2 aliphatic rings. The largest absolute Gasteiger partial charge is 0.496 e. The predicted octanol–water partition coefficient (Wildman–Crippen LogP) is 3.21. The summed E-state index contributed by atoms with van der Waals surface area (Å²) in [6, 6.07) is 11.0. The Morgan fingerprint density at radius 2 is 2.00 bits per heavy atom. The first-order valence-corrected chi connectivity index (χ1v) is 10.0. The van der Waals surface area contributed by atoms with Gasteiger partial charge in [0.15, 0.2) is 0 Å². The van der Waals surface area contributed by atoms with Crippen LogP contribution in [0.5, 0.6) is 5.75 Å². The van der Waals surface area contributed by atoms with Gasteiger partial charge in [-0.3, -0.25) is 0 Å². The summed E-state index contributed by atoms with van der Waals surface area (Å²) in [5.74, 6) is 5.36. The number of aromatic nitrogens is 2. The van der Waals surface area contributed by atoms with E-state index in [0.717, 1.165) is 37.0 Å². The number of hydrogen-bond acceptors (Lipinski definition) is 6. The van der Waals surface area contributed by atoms with Crippen LogP contribution < -0.4 is 14.5 Å². The molecule has 0 N–H and O–H groups in total. The smallest absolute Gasteiger partial charge is 0.134 e. The summed E-state index contributed by atoms with van der Waals surface area (Å²) in [6.07, 6.45) is 4.17. The average Bonchev–Trinajstić information content (AvgIpc) is 3.52. The molecule has 2 fully saturated rings. The van der Waals surface area contributed by atoms with Gasteiger partial charge in [0.1, 0.15) is 23.7 Å². The number of rotatable bonds is 6. The Bertz CT molecular complexity index is 716. The molecule has 1 saturated carbocycles. The van der Waals surface area contributed by atoms with Crippen molar-refractivity contribution in [2.24, 2.45) is 0 Å². The molecular formula is C19H24N4OS. The van der Waals surface area contributed by atoms with Gasteiger partial charge < -0.3 is 14.5 Å². The highest BCUT2D eigenvalue weighted by atomic mass is 32.2. The summed E-state index contributed by atoms with van der Waals surface area (Å²) in [5, 5.41) is 0. The van der Waals surface area contributed by atoms with Gasteiger partial charge in [-0.1, -0.05) is 18.2 Å². The Morgan fingerprint density at radius 3 is 2.76 bits per heavy atom. The second kappa shape index (κ2) is 7.52. The fourth-order valence-electron chi connectivity index (χ4n) is 3.26. The van der Waals surface area contributed by atoms with Crippen LogP contribution in [0.25, 0.3) is 0 Å². The number of ether oxygens (including phenoxy) is 1. The molecule has 0 bridgehead atoms. The van der Waals surface area contributed by atoms with Gasteiger partial charge in [0.05, 0.1) is 7.11 Å². The third-order valence-electron chi connectivity index (χ3n) is 4.79. The lowest BCUT2D eigenvalue weighted by Gasteiger charge is -2.29. The van der Waals surface area contributed by atoms with E-state index in [0.29, 0.717) is 6.04 Å². The zero-order chi connectivity index (χ0) is 17.1. The summed E-state index contributed by atoms with van der Waals surface area (Å²) in [5.41, 5.74) is 1.20. The monoisotopic (exact) mass is 356 g/mol. The van der Waals surface area contributed by atoms with Crippen LogP contribution in [0.3, 0.4) is 0 Å². The van der Waals surface area contributed by atoms with Crippen LogP contribution in [-0.4, -0.2) is 47.7 Å². The molecule has 1 saturated heterocycles. The highest BCUT2D eigenvalue weighted by Crippen LogP contribution is 2.34. The molecule has 1 aromatic carbocycles. The predicted molar refractivity (Wildman–Crippen MR) is 104 cm³/mol. The molecule has 6 heteroatoms. The first kappa shape index (κ1) is 16.5. The number of benzene rings is 1. The molecule has 0 amide bonds. The van der Waals surface area contributed by atoms with Gasteiger partial charge in [-0.05, 0) is 18.9 Å². The zero-order valence-electron chi connectivity index (χ0n) is 14.6. The molecule has 2 heterocycles. The number of hydrogen-bond donors (Lipinski definition) is 0. The van der Waals surface area contributed by atoms with Crippen LogP contribution in [0.4, 0.5) is 11.6 Å². The second-order valence-electron chi connectivity index (χ2n) is 6.50. The normalized spacial score (nSPS) is 17.4. The van der Waals surface area contributed by atoms with E-state index in [2.05, 4.69) is 38.0 Å². The topological polar surface area (TPSA) is 41.5 Å². The summed E-state index contributed by atoms with van der Waals surface area (Å²) in [6.45, 7) is 2.95. The number of anilines is 2. The van der Waals surface area contributed by atoms with Crippen molar-refractivity contribution in [3.05, 3.63) is 42.2 Å². The minimum Gasteiger partial charge on any atom is -0.496 e. The standard InChI is InChI=1S/C19H24N4OS/c1-24-17-5-3-2-4-15(17)13-23(16-6-7-16)19-12-18(20-14-21-19)22-8-10-25-11-9-22/h2-5,12,14,16H,6-11,13H2,1H3. The molecule has 1 aliphatic carbocycles. The lowest BCUT2D eigenvalue weighted by atomic mass is 10.2. The molecule has 0 radical (unpaired) electrons. The maximum Gasteiger partial charge on any atom is 0.134 e. The Labute approximate surface area is 153 Å². The first-order valence-electron chi connectivity index (χ1n) is 8.88. The van der Waals surface area contributed by atoms with Gasteiger partial charge in [-0.25, -0.2) is 9.97 Å². The van der Waals surface area contributed by atoms with Crippen molar-refractivity contribution in [3.63, 3.8) is 0 Å². The van der Waals surface area contributed by atoms with Gasteiger partial charge in [0, 0.05) is 48.8 Å². The summed E-state index contributed by atoms with van der Waals surface area (Å²) >= 11 is 2.02. The molecule has 0 unspecified atom stereocenters. The maximum absolute atomic E-state index is 5.53. The van der Waals surface area contributed by atoms with Crippen LogP contribution in [-0.2, 0) is 6.54 Å². The van der Waals surface area contributed by atoms with Crippen LogP contribution in [0, 0.1) is 0 Å². The van der Waals surface area contributed by atoms with Gasteiger partial charge in [0.2, 0.25) is 0 Å². The Balaban J connectivity index is 1.58. The minimum absolute atomic E-state index is 0.574. The van der Waals surface area contributed by atoms with Crippen molar-refractivity contribution in [3.8, 4) is 5.75 Å². The van der Waals surface area contributed by atoms with Crippen molar-refractivity contribution >= 4 is 23.4 Å². The lowest BCUT2D eigenvalue weighted by Crippen LogP contribution is -2.33. The average molecular weight is 356 g/mol. The van der Waals surface area contributed by atoms with E-state index in [1.54, 1.807) is 13.4 Å². The molecule has 1 aromatic heterocycles. The van der Waals surface area contributed by atoms with Crippen molar-refractivity contribution in [1.29, 1.82) is 0 Å². The highest BCUT2D eigenvalue weighted by Gasteiger charge is 2.31. The molecule has 0 spiro atoms. The summed E-state index contributed by atoms with van der Waals surface area (Å²) in [4.78, 5) is 13.9. The summed E-state index contributed by atoms with van der Waals surface area (Å²) in [7, 11) is 1.73. The summed E-state index contributed by atoms with van der Waals surface area (Å²) < 4.78 is 5.53. The zero-order valence-corrected chi connectivity index (χ0v) is 15.4. The molecular weight excluding hydrogens is 332 g/mol. The number of methoxy groups -OCH3 is 1. The fourth-order valence-corrected chi connectivity index (χ4v) is 4.16. The van der Waals surface area contributed by atoms with Crippen molar-refractivity contribution in [2.45, 2.75) is 25.4 Å². The molecule has 1 aliphatic heterocycles. The minimum atomic E-state index is 0.574. The second-order valence-corrected chi connectivity index (χ2v) is 7.73. The van der Waals surface area contributed by atoms with Crippen LogP contribution in [0.2, 0.25) is 0 Å². The van der Waals surface area contributed by atoms with E-state index in [1.807, 2.05) is 23.9 Å². The first-order chi connectivity index (χ1) is 12.3. The van der Waals surface area contributed by atoms with E-state index in [1.165, 1.54) is 29.9 Å². The number of para-hydroxylation sites is 1. The van der Waals surface area contributed by atoms with Crippen LogP contribution in [0.15, 0.2) is 36.7 Å². The quantitative estimate of drug-likeness (QED) is 0.792. The Morgan fingerprint density at radius 1 is 1.20 bits per heavy atom. The molecule has 0 atom stereocenters. The Hall–Kier alpha value is -1.95. The molecule has 25 heavy (non-hydrogen) atoms. The lowest BCUT2D eigenvalue weighted by molar-refractivity contribution is 0.409. The van der Waals surface area contributed by atoms with Crippen molar-refractivity contribution in [2.75, 3.05) is 41.5 Å². The van der Waals surface area contributed by atoms with E-state index in [4.69, 9.17) is 4.74 Å². The molecule has 132 valence electrons. The van der Waals surface area contributed by atoms with E-state index in [9.17, 15) is 0 Å². The number of thioether (sulfide) groups is 1. The highest BCUT2D eigenvalue weighted by molar-refractivity contribution is 7.99. The third kappa shape index (κ3) is 3.84. The number of nitrogens with zero attached hydrogens (tertiary/aromatic N) is 4. The Kier molecular flexibility index (Phi) is 4.97.